The van der Waals surface area contributed by atoms with Crippen LogP contribution in [-0.2, 0) is 0 Å². The predicted octanol–water partition coefficient (Wildman–Crippen LogP) is 3.32. The lowest BCUT2D eigenvalue weighted by molar-refractivity contribution is 0.0955. The molecular formula is C21H23N5O. The van der Waals surface area contributed by atoms with Crippen LogP contribution in [-0.4, -0.2) is 35.8 Å². The van der Waals surface area contributed by atoms with Crippen molar-refractivity contribution in [2.45, 2.75) is 13.8 Å². The molecule has 3 aromatic rings. The summed E-state index contributed by atoms with van der Waals surface area (Å²) in [5, 5.41) is 4.10. The van der Waals surface area contributed by atoms with Gasteiger partial charge in [0.25, 0.3) is 5.91 Å². The van der Waals surface area contributed by atoms with Gasteiger partial charge in [-0.1, -0.05) is 0 Å². The van der Waals surface area contributed by atoms with Crippen molar-refractivity contribution in [2.24, 2.45) is 5.10 Å². The molecule has 0 bridgehead atoms. The number of hydrogen-bond donors (Lipinski definition) is 1. The summed E-state index contributed by atoms with van der Waals surface area (Å²) >= 11 is 0. The fraction of sp³-hybridized carbons (Fsp3) is 0.190. The molecule has 3 rings (SSSR count). The van der Waals surface area contributed by atoms with Gasteiger partial charge in [0.15, 0.2) is 0 Å². The zero-order chi connectivity index (χ0) is 19.4. The smallest absolute Gasteiger partial charge is 0.271 e. The van der Waals surface area contributed by atoms with E-state index in [0.29, 0.717) is 5.56 Å². The van der Waals surface area contributed by atoms with Crippen LogP contribution in [0.2, 0.25) is 0 Å². The topological polar surface area (TPSA) is 62.5 Å². The predicted molar refractivity (Wildman–Crippen MR) is 109 cm³/mol. The van der Waals surface area contributed by atoms with Crippen molar-refractivity contribution in [1.82, 2.24) is 15.0 Å². The number of aryl methyl sites for hydroxylation is 1. The summed E-state index contributed by atoms with van der Waals surface area (Å²) in [6, 6.07) is 13.7. The van der Waals surface area contributed by atoms with E-state index in [0.717, 1.165) is 28.3 Å². The van der Waals surface area contributed by atoms with Gasteiger partial charge in [0.2, 0.25) is 0 Å². The molecule has 0 radical (unpaired) electrons. The molecule has 1 amide bonds. The van der Waals surface area contributed by atoms with Crippen LogP contribution in [0.15, 0.2) is 60.0 Å². The Labute approximate surface area is 159 Å². The number of pyridine rings is 1. The minimum absolute atomic E-state index is 0.262. The van der Waals surface area contributed by atoms with E-state index in [9.17, 15) is 4.79 Å². The van der Waals surface area contributed by atoms with Crippen LogP contribution < -0.4 is 10.3 Å². The number of hydrazone groups is 1. The van der Waals surface area contributed by atoms with Gasteiger partial charge in [0, 0.05) is 60.4 Å². The van der Waals surface area contributed by atoms with Crippen molar-refractivity contribution in [1.29, 1.82) is 0 Å². The summed E-state index contributed by atoms with van der Waals surface area (Å²) in [5.74, 6) is -0.262. The molecular weight excluding hydrogens is 338 g/mol. The minimum atomic E-state index is -0.262. The molecule has 0 spiro atoms. The van der Waals surface area contributed by atoms with Gasteiger partial charge in [0.05, 0.1) is 6.21 Å². The second kappa shape index (κ2) is 7.86. The van der Waals surface area contributed by atoms with Gasteiger partial charge in [-0.05, 0) is 56.3 Å². The fourth-order valence-electron chi connectivity index (χ4n) is 2.94. The maximum Gasteiger partial charge on any atom is 0.271 e. The average molecular weight is 361 g/mol. The third kappa shape index (κ3) is 4.06. The van der Waals surface area contributed by atoms with E-state index in [1.807, 2.05) is 21.0 Å². The molecule has 0 fully saturated rings. The Morgan fingerprint density at radius 1 is 1.11 bits per heavy atom. The highest BCUT2D eigenvalue weighted by atomic mass is 16.2. The summed E-state index contributed by atoms with van der Waals surface area (Å²) in [5.41, 5.74) is 8.44. The molecule has 0 aliphatic rings. The Bertz CT molecular complexity index is 956. The van der Waals surface area contributed by atoms with Crippen LogP contribution in [0.4, 0.5) is 5.69 Å². The van der Waals surface area contributed by atoms with E-state index >= 15 is 0 Å². The van der Waals surface area contributed by atoms with Crippen molar-refractivity contribution in [3.05, 3.63) is 77.4 Å². The first-order valence-corrected chi connectivity index (χ1v) is 8.67. The first-order chi connectivity index (χ1) is 13.0. The van der Waals surface area contributed by atoms with E-state index in [4.69, 9.17) is 0 Å². The third-order valence-corrected chi connectivity index (χ3v) is 4.41. The van der Waals surface area contributed by atoms with Crippen molar-refractivity contribution >= 4 is 17.8 Å². The standard InChI is InChI=1S/C21H23N5O/c1-15-13-18(14-23-24-21(27)17-9-11-22-12-10-17)16(2)26(15)20-7-5-19(6-8-20)25(3)4/h5-14H,1-4H3,(H,24,27)/b23-14-. The van der Waals surface area contributed by atoms with E-state index in [-0.39, 0.29) is 5.91 Å². The highest BCUT2D eigenvalue weighted by Gasteiger charge is 2.10. The van der Waals surface area contributed by atoms with Crippen molar-refractivity contribution in [3.63, 3.8) is 0 Å². The lowest BCUT2D eigenvalue weighted by Gasteiger charge is -2.14. The summed E-state index contributed by atoms with van der Waals surface area (Å²) in [6.45, 7) is 4.10. The molecule has 0 atom stereocenters. The normalized spacial score (nSPS) is 11.0. The molecule has 0 saturated heterocycles. The van der Waals surface area contributed by atoms with Gasteiger partial charge in [-0.2, -0.15) is 5.10 Å². The number of nitrogens with zero attached hydrogens (tertiary/aromatic N) is 4. The number of nitrogens with one attached hydrogen (secondary N) is 1. The van der Waals surface area contributed by atoms with Crippen LogP contribution in [0.1, 0.15) is 27.3 Å². The molecule has 0 unspecified atom stereocenters. The first-order valence-electron chi connectivity index (χ1n) is 8.67. The summed E-state index contributed by atoms with van der Waals surface area (Å²) < 4.78 is 2.17. The molecule has 138 valence electrons. The lowest BCUT2D eigenvalue weighted by Crippen LogP contribution is -2.17. The maximum absolute atomic E-state index is 12.0. The number of hydrogen-bond acceptors (Lipinski definition) is 4. The molecule has 27 heavy (non-hydrogen) atoms. The SMILES string of the molecule is Cc1cc(/C=N\NC(=O)c2ccncc2)c(C)n1-c1ccc(N(C)C)cc1. The van der Waals surface area contributed by atoms with Crippen molar-refractivity contribution in [2.75, 3.05) is 19.0 Å². The number of aromatic nitrogens is 2. The fourth-order valence-corrected chi connectivity index (χ4v) is 2.94. The Kier molecular flexibility index (Phi) is 5.35. The van der Waals surface area contributed by atoms with Crippen LogP contribution in [0.5, 0.6) is 0 Å². The maximum atomic E-state index is 12.0. The second-order valence-corrected chi connectivity index (χ2v) is 6.51. The number of benzene rings is 1. The quantitative estimate of drug-likeness (QED) is 0.560. The Morgan fingerprint density at radius 2 is 1.78 bits per heavy atom. The van der Waals surface area contributed by atoms with Gasteiger partial charge in [-0.3, -0.25) is 9.78 Å². The summed E-state index contributed by atoms with van der Waals surface area (Å²) in [7, 11) is 4.05. The highest BCUT2D eigenvalue weighted by molar-refractivity contribution is 5.94. The Hall–Kier alpha value is -3.41. The zero-order valence-electron chi connectivity index (χ0n) is 16.0. The molecule has 1 aromatic carbocycles. The zero-order valence-corrected chi connectivity index (χ0v) is 16.0. The number of carbonyl (C=O) groups is 1. The largest absolute Gasteiger partial charge is 0.378 e. The molecule has 0 aliphatic heterocycles. The second-order valence-electron chi connectivity index (χ2n) is 6.51. The van der Waals surface area contributed by atoms with Crippen LogP contribution in [0.3, 0.4) is 0 Å². The molecule has 2 heterocycles. The van der Waals surface area contributed by atoms with Crippen LogP contribution >= 0.6 is 0 Å². The summed E-state index contributed by atoms with van der Waals surface area (Å²) in [6.07, 6.45) is 4.83. The number of anilines is 1. The van der Waals surface area contributed by atoms with Crippen molar-refractivity contribution < 1.29 is 4.79 Å². The average Bonchev–Trinajstić information content (AvgIpc) is 2.96. The first kappa shape index (κ1) is 18.4. The molecule has 6 heteroatoms. The van der Waals surface area contributed by atoms with Crippen molar-refractivity contribution in [3.8, 4) is 5.69 Å². The lowest BCUT2D eigenvalue weighted by atomic mass is 10.2. The van der Waals surface area contributed by atoms with Gasteiger partial charge in [0.1, 0.15) is 0 Å². The Balaban J connectivity index is 1.78. The molecule has 0 aliphatic carbocycles. The van der Waals surface area contributed by atoms with Gasteiger partial charge in [-0.25, -0.2) is 5.43 Å². The molecule has 1 N–H and O–H groups in total. The van der Waals surface area contributed by atoms with E-state index < -0.39 is 0 Å². The number of carbonyl (C=O) groups excluding carboxylic acids is 1. The monoisotopic (exact) mass is 361 g/mol. The molecule has 0 saturated carbocycles. The summed E-state index contributed by atoms with van der Waals surface area (Å²) in [4.78, 5) is 18.0. The molecule has 2 aromatic heterocycles. The van der Waals surface area contributed by atoms with Gasteiger partial charge >= 0.3 is 0 Å². The van der Waals surface area contributed by atoms with Crippen LogP contribution in [0, 0.1) is 13.8 Å². The number of rotatable bonds is 5. The Morgan fingerprint density at radius 3 is 2.41 bits per heavy atom. The van der Waals surface area contributed by atoms with Crippen LogP contribution in [0.25, 0.3) is 5.69 Å². The van der Waals surface area contributed by atoms with E-state index in [1.165, 1.54) is 0 Å². The highest BCUT2D eigenvalue weighted by Crippen LogP contribution is 2.22. The van der Waals surface area contributed by atoms with E-state index in [2.05, 4.69) is 62.2 Å². The minimum Gasteiger partial charge on any atom is -0.378 e. The molecule has 6 nitrogen and oxygen atoms in total. The third-order valence-electron chi connectivity index (χ3n) is 4.41. The van der Waals surface area contributed by atoms with Gasteiger partial charge < -0.3 is 9.47 Å². The number of amides is 1. The van der Waals surface area contributed by atoms with Gasteiger partial charge in [-0.15, -0.1) is 0 Å². The van der Waals surface area contributed by atoms with E-state index in [1.54, 1.807) is 30.7 Å².